The fourth-order valence-electron chi connectivity index (χ4n) is 4.52. The van der Waals surface area contributed by atoms with Crippen LogP contribution in [-0.2, 0) is 22.6 Å². The maximum absolute atomic E-state index is 13.0. The Labute approximate surface area is 220 Å². The number of carbonyl (C=O) groups is 1. The Morgan fingerprint density at radius 1 is 1.31 bits per heavy atom. The zero-order chi connectivity index (χ0) is 26.0. The molecule has 3 atom stereocenters. The second-order valence-corrected chi connectivity index (χ2v) is 11.6. The SMILES string of the molecule is CCN(c1ccc(CC(=O)N2CCN(C3=NC=NC4SC(CC(F)(F)F)=CC34)CC2)c(Cl)c1)[S+](C)[O-]. The van der Waals surface area contributed by atoms with Gasteiger partial charge in [-0.2, -0.15) is 17.5 Å². The number of alkyl halides is 3. The van der Waals surface area contributed by atoms with E-state index in [0.29, 0.717) is 49.1 Å². The summed E-state index contributed by atoms with van der Waals surface area (Å²) in [5.74, 6) is 0.362. The van der Waals surface area contributed by atoms with Gasteiger partial charge in [-0.15, -0.1) is 11.8 Å². The van der Waals surface area contributed by atoms with E-state index in [1.807, 2.05) is 17.9 Å². The third kappa shape index (κ3) is 6.32. The summed E-state index contributed by atoms with van der Waals surface area (Å²) in [5.41, 5.74) is 1.44. The van der Waals surface area contributed by atoms with Crippen molar-refractivity contribution in [3.8, 4) is 0 Å². The van der Waals surface area contributed by atoms with E-state index in [1.54, 1.807) is 33.7 Å². The Morgan fingerprint density at radius 2 is 2.03 bits per heavy atom. The van der Waals surface area contributed by atoms with Crippen molar-refractivity contribution >= 4 is 58.5 Å². The van der Waals surface area contributed by atoms with Gasteiger partial charge in [-0.3, -0.25) is 9.79 Å². The normalized spacial score (nSPS) is 22.8. The number of amides is 1. The van der Waals surface area contributed by atoms with E-state index in [0.717, 1.165) is 17.4 Å². The van der Waals surface area contributed by atoms with Gasteiger partial charge in [-0.25, -0.2) is 4.99 Å². The van der Waals surface area contributed by atoms with E-state index in [4.69, 9.17) is 11.6 Å². The van der Waals surface area contributed by atoms with E-state index in [2.05, 4.69) is 9.98 Å². The number of benzene rings is 1. The zero-order valence-electron chi connectivity index (χ0n) is 19.9. The Kier molecular flexibility index (Phi) is 8.48. The number of hydrogen-bond donors (Lipinski definition) is 0. The summed E-state index contributed by atoms with van der Waals surface area (Å²) in [4.78, 5) is 25.7. The van der Waals surface area contributed by atoms with Gasteiger partial charge < -0.3 is 14.4 Å². The molecule has 0 N–H and O–H groups in total. The van der Waals surface area contributed by atoms with Crippen LogP contribution >= 0.6 is 23.4 Å². The number of nitrogens with zero attached hydrogens (tertiary/aromatic N) is 5. The predicted octanol–water partition coefficient (Wildman–Crippen LogP) is 4.11. The van der Waals surface area contributed by atoms with Gasteiger partial charge in [0, 0.05) is 31.2 Å². The van der Waals surface area contributed by atoms with Crippen molar-refractivity contribution in [1.82, 2.24) is 9.80 Å². The summed E-state index contributed by atoms with van der Waals surface area (Å²) < 4.78 is 52.1. The van der Waals surface area contributed by atoms with Crippen LogP contribution in [0.2, 0.25) is 5.02 Å². The van der Waals surface area contributed by atoms with Gasteiger partial charge in [0.15, 0.2) is 0 Å². The molecule has 13 heteroatoms. The molecule has 0 spiro atoms. The molecule has 0 saturated carbocycles. The molecule has 3 heterocycles. The monoisotopic (exact) mass is 561 g/mol. The number of rotatable bonds is 6. The van der Waals surface area contributed by atoms with Gasteiger partial charge >= 0.3 is 6.18 Å². The molecule has 3 unspecified atom stereocenters. The van der Waals surface area contributed by atoms with Gasteiger partial charge in [0.05, 0.1) is 42.4 Å². The van der Waals surface area contributed by atoms with Crippen molar-refractivity contribution in [3.63, 3.8) is 0 Å². The highest BCUT2D eigenvalue weighted by molar-refractivity contribution is 8.04. The molecule has 1 aromatic rings. The second kappa shape index (κ2) is 11.2. The summed E-state index contributed by atoms with van der Waals surface area (Å²) >= 11 is 6.40. The number of carbonyl (C=O) groups excluding carboxylic acids is 1. The lowest BCUT2D eigenvalue weighted by Crippen LogP contribution is -2.53. The van der Waals surface area contributed by atoms with Crippen LogP contribution in [0.25, 0.3) is 0 Å². The largest absolute Gasteiger partial charge is 0.593 e. The summed E-state index contributed by atoms with van der Waals surface area (Å²) in [6.07, 6.45) is -0.402. The average molecular weight is 562 g/mol. The topological polar surface area (TPSA) is 74.6 Å². The second-order valence-electron chi connectivity index (χ2n) is 8.65. The summed E-state index contributed by atoms with van der Waals surface area (Å²) in [6.45, 7) is 4.50. The minimum absolute atomic E-state index is 0.0514. The molecule has 1 fully saturated rings. The molecule has 36 heavy (non-hydrogen) atoms. The molecular weight excluding hydrogens is 535 g/mol. The standard InChI is InChI=1S/C23H27ClF3N5O2S2/c1-3-32(36(2)34)16-5-4-15(19(24)11-16)10-20(33)30-6-8-31(9-7-30)21-18-12-17(13-23(25,26)27)35-22(18)29-14-28-21/h4-5,11-12,14,18,22H,3,6-10,13H2,1-2H3. The minimum Gasteiger partial charge on any atom is -0.593 e. The minimum atomic E-state index is -4.26. The van der Waals surface area contributed by atoms with E-state index >= 15 is 0 Å². The van der Waals surface area contributed by atoms with Gasteiger partial charge in [-0.1, -0.05) is 23.7 Å². The maximum Gasteiger partial charge on any atom is 0.393 e. The van der Waals surface area contributed by atoms with Gasteiger partial charge in [-0.05, 0) is 29.5 Å². The van der Waals surface area contributed by atoms with Crippen molar-refractivity contribution < 1.29 is 22.5 Å². The zero-order valence-corrected chi connectivity index (χ0v) is 22.3. The fraction of sp³-hybridized carbons (Fsp3) is 0.522. The third-order valence-corrected chi connectivity index (χ3v) is 8.92. The molecule has 196 valence electrons. The van der Waals surface area contributed by atoms with Crippen molar-refractivity contribution in [1.29, 1.82) is 0 Å². The van der Waals surface area contributed by atoms with Crippen LogP contribution in [0.15, 0.2) is 39.2 Å². The van der Waals surface area contributed by atoms with Crippen LogP contribution in [0.3, 0.4) is 0 Å². The Balaban J connectivity index is 1.35. The van der Waals surface area contributed by atoms with Crippen molar-refractivity contribution in [2.24, 2.45) is 15.9 Å². The van der Waals surface area contributed by atoms with Gasteiger partial charge in [0.25, 0.3) is 0 Å². The van der Waals surface area contributed by atoms with Crippen LogP contribution in [0.1, 0.15) is 18.9 Å². The number of fused-ring (bicyclic) bond motifs is 1. The Bertz CT molecular complexity index is 1070. The first-order valence-corrected chi connectivity index (χ1v) is 14.3. The van der Waals surface area contributed by atoms with Crippen LogP contribution < -0.4 is 4.31 Å². The highest BCUT2D eigenvalue weighted by atomic mass is 35.5. The first-order chi connectivity index (χ1) is 17.1. The molecule has 0 radical (unpaired) electrons. The van der Waals surface area contributed by atoms with Crippen molar-refractivity contribution in [2.45, 2.75) is 31.3 Å². The number of piperazine rings is 1. The number of amidine groups is 1. The maximum atomic E-state index is 13.0. The fourth-order valence-corrected chi connectivity index (χ4v) is 6.78. The lowest BCUT2D eigenvalue weighted by atomic mass is 10.0. The molecule has 7 nitrogen and oxygen atoms in total. The molecular formula is C23H27ClF3N5O2S2. The van der Waals surface area contributed by atoms with Crippen molar-refractivity contribution in [3.05, 3.63) is 39.8 Å². The van der Waals surface area contributed by atoms with E-state index < -0.39 is 24.0 Å². The van der Waals surface area contributed by atoms with E-state index in [9.17, 15) is 22.5 Å². The molecule has 1 saturated heterocycles. The predicted molar refractivity (Wildman–Crippen MR) is 140 cm³/mol. The number of aliphatic imine (C=N–C) groups is 2. The average Bonchev–Trinajstić information content (AvgIpc) is 3.21. The van der Waals surface area contributed by atoms with Crippen LogP contribution in [0.4, 0.5) is 18.9 Å². The summed E-state index contributed by atoms with van der Waals surface area (Å²) in [6, 6.07) is 5.34. The smallest absolute Gasteiger partial charge is 0.393 e. The lowest BCUT2D eigenvalue weighted by molar-refractivity contribution is -0.131. The quantitative estimate of drug-likeness (QED) is 0.489. The van der Waals surface area contributed by atoms with E-state index in [1.165, 1.54) is 6.34 Å². The van der Waals surface area contributed by atoms with Gasteiger partial charge in [0.2, 0.25) is 5.91 Å². The number of thioether (sulfide) groups is 1. The highest BCUT2D eigenvalue weighted by Gasteiger charge is 2.40. The van der Waals surface area contributed by atoms with Crippen molar-refractivity contribution in [2.75, 3.05) is 43.3 Å². The number of anilines is 1. The third-order valence-electron chi connectivity index (χ3n) is 6.24. The van der Waals surface area contributed by atoms with E-state index in [-0.39, 0.29) is 28.5 Å². The molecule has 1 aromatic carbocycles. The van der Waals surface area contributed by atoms with Crippen LogP contribution in [0.5, 0.6) is 0 Å². The molecule has 0 aromatic heterocycles. The number of halogens is 4. The first-order valence-electron chi connectivity index (χ1n) is 11.5. The molecule has 0 aliphatic carbocycles. The molecule has 3 aliphatic heterocycles. The molecule has 1 amide bonds. The van der Waals surface area contributed by atoms with Crippen LogP contribution in [-0.4, -0.2) is 83.0 Å². The summed E-state index contributed by atoms with van der Waals surface area (Å²) in [7, 11) is 0. The summed E-state index contributed by atoms with van der Waals surface area (Å²) in [5, 5.41) is 0.124. The molecule has 3 aliphatic rings. The highest BCUT2D eigenvalue weighted by Crippen LogP contribution is 2.44. The Morgan fingerprint density at radius 3 is 2.64 bits per heavy atom. The number of allylic oxidation sites excluding steroid dienone is 1. The molecule has 0 bridgehead atoms. The lowest BCUT2D eigenvalue weighted by Gasteiger charge is -2.39. The number of hydrogen-bond acceptors (Lipinski definition) is 7. The Hall–Kier alpha value is -1.89. The first kappa shape index (κ1) is 27.2. The molecule has 4 rings (SSSR count). The van der Waals surface area contributed by atoms with Crippen LogP contribution in [0, 0.1) is 5.92 Å². The van der Waals surface area contributed by atoms with Gasteiger partial charge in [0.1, 0.15) is 23.8 Å².